The van der Waals surface area contributed by atoms with Crippen LogP contribution >= 0.6 is 0 Å². The van der Waals surface area contributed by atoms with E-state index in [1.165, 1.54) is 20.3 Å². The molecule has 3 atom stereocenters. The Hall–Kier alpha value is -3.49. The number of imide groups is 1. The smallest absolute Gasteiger partial charge is 0.336 e. The summed E-state index contributed by atoms with van der Waals surface area (Å²) in [5.41, 5.74) is 1.46. The summed E-state index contributed by atoms with van der Waals surface area (Å²) >= 11 is 0. The van der Waals surface area contributed by atoms with Crippen molar-refractivity contribution in [3.8, 4) is 11.5 Å². The fourth-order valence-corrected chi connectivity index (χ4v) is 3.72. The molecule has 3 amide bonds. The summed E-state index contributed by atoms with van der Waals surface area (Å²) in [5.74, 6) is -1.55. The molecule has 1 saturated heterocycles. The molecule has 0 saturated carbocycles. The number of nitrogens with one attached hydrogen (secondary N) is 3. The maximum Gasteiger partial charge on any atom is 0.336 e. The highest BCUT2D eigenvalue weighted by molar-refractivity contribution is 6.01. The Morgan fingerprint density at radius 2 is 1.90 bits per heavy atom. The van der Waals surface area contributed by atoms with Gasteiger partial charge in [0.05, 0.1) is 25.7 Å². The number of rotatable bonds is 6. The van der Waals surface area contributed by atoms with Crippen molar-refractivity contribution in [3.05, 3.63) is 47.7 Å². The van der Waals surface area contributed by atoms with E-state index in [4.69, 9.17) is 14.2 Å². The number of amides is 3. The Balaban J connectivity index is 2.14. The van der Waals surface area contributed by atoms with Crippen LogP contribution in [0.2, 0.25) is 0 Å². The van der Waals surface area contributed by atoms with Gasteiger partial charge in [-0.25, -0.2) is 9.59 Å². The van der Waals surface area contributed by atoms with Gasteiger partial charge in [-0.15, -0.1) is 0 Å². The zero-order valence-electron chi connectivity index (χ0n) is 16.4. The largest absolute Gasteiger partial charge is 0.493 e. The van der Waals surface area contributed by atoms with Gasteiger partial charge in [-0.05, 0) is 24.6 Å². The number of fused-ring (bicyclic) bond motifs is 1. The molecular weight excluding hydrogens is 378 g/mol. The van der Waals surface area contributed by atoms with Crippen molar-refractivity contribution < 1.29 is 28.6 Å². The van der Waals surface area contributed by atoms with Gasteiger partial charge in [0.15, 0.2) is 11.5 Å². The van der Waals surface area contributed by atoms with Crippen molar-refractivity contribution in [2.75, 3.05) is 20.8 Å². The minimum atomic E-state index is -0.777. The Labute approximate surface area is 168 Å². The average molecular weight is 401 g/mol. The van der Waals surface area contributed by atoms with E-state index in [9.17, 15) is 14.4 Å². The molecule has 1 fully saturated rings. The molecule has 29 heavy (non-hydrogen) atoms. The molecule has 0 aliphatic carbocycles. The third-order valence-electron chi connectivity index (χ3n) is 4.95. The molecule has 2 aliphatic rings. The predicted octanol–water partition coefficient (Wildman–Crippen LogP) is 1.18. The Bertz CT molecular complexity index is 894. The number of ether oxygens (including phenoxy) is 3. The first-order valence-electron chi connectivity index (χ1n) is 8.99. The van der Waals surface area contributed by atoms with Crippen LogP contribution in [0.4, 0.5) is 4.79 Å². The van der Waals surface area contributed by atoms with E-state index in [0.29, 0.717) is 28.3 Å². The first kappa shape index (κ1) is 20.2. The highest BCUT2D eigenvalue weighted by Crippen LogP contribution is 2.42. The number of allylic oxidation sites excluding steroid dienone is 1. The van der Waals surface area contributed by atoms with Crippen LogP contribution in [0, 0.1) is 5.92 Å². The van der Waals surface area contributed by atoms with E-state index in [2.05, 4.69) is 22.5 Å². The quantitative estimate of drug-likeness (QED) is 0.484. The third-order valence-corrected chi connectivity index (χ3v) is 4.95. The summed E-state index contributed by atoms with van der Waals surface area (Å²) < 4.78 is 15.9. The topological polar surface area (TPSA) is 115 Å². The van der Waals surface area contributed by atoms with E-state index in [0.717, 1.165) is 0 Å². The first-order valence-corrected chi connectivity index (χ1v) is 8.99. The van der Waals surface area contributed by atoms with Gasteiger partial charge in [0.2, 0.25) is 5.91 Å². The predicted molar refractivity (Wildman–Crippen MR) is 103 cm³/mol. The molecule has 1 aromatic rings. The maximum absolute atomic E-state index is 12.8. The number of hydrogen-bond acceptors (Lipinski definition) is 7. The molecule has 0 aromatic heterocycles. The minimum absolute atomic E-state index is 0.0330. The van der Waals surface area contributed by atoms with Gasteiger partial charge in [0.1, 0.15) is 12.8 Å². The number of esters is 1. The van der Waals surface area contributed by atoms with Crippen LogP contribution in [0.5, 0.6) is 11.5 Å². The molecule has 2 heterocycles. The van der Waals surface area contributed by atoms with Gasteiger partial charge in [0, 0.05) is 11.6 Å². The van der Waals surface area contributed by atoms with E-state index in [-0.39, 0.29) is 6.61 Å². The van der Waals surface area contributed by atoms with Crippen LogP contribution in [-0.4, -0.2) is 44.9 Å². The molecule has 3 N–H and O–H groups in total. The van der Waals surface area contributed by atoms with Crippen molar-refractivity contribution in [2.24, 2.45) is 5.92 Å². The van der Waals surface area contributed by atoms with Crippen molar-refractivity contribution in [3.63, 3.8) is 0 Å². The fraction of sp³-hybridized carbons (Fsp3) is 0.350. The van der Waals surface area contributed by atoms with Gasteiger partial charge in [-0.1, -0.05) is 18.7 Å². The minimum Gasteiger partial charge on any atom is -0.493 e. The fourth-order valence-electron chi connectivity index (χ4n) is 3.72. The van der Waals surface area contributed by atoms with E-state index >= 15 is 0 Å². The van der Waals surface area contributed by atoms with E-state index in [1.807, 2.05) is 0 Å². The molecule has 0 spiro atoms. The summed E-state index contributed by atoms with van der Waals surface area (Å²) in [4.78, 5) is 37.3. The lowest BCUT2D eigenvalue weighted by Gasteiger charge is -2.42. The number of urea groups is 1. The van der Waals surface area contributed by atoms with Gasteiger partial charge in [-0.2, -0.15) is 0 Å². The Morgan fingerprint density at radius 1 is 1.17 bits per heavy atom. The molecular formula is C20H23N3O6. The molecule has 0 bridgehead atoms. The Kier molecular flexibility index (Phi) is 5.76. The van der Waals surface area contributed by atoms with Crippen LogP contribution in [0.15, 0.2) is 42.1 Å². The van der Waals surface area contributed by atoms with Crippen LogP contribution in [-0.2, 0) is 14.3 Å². The van der Waals surface area contributed by atoms with Gasteiger partial charge < -0.3 is 24.8 Å². The Morgan fingerprint density at radius 3 is 2.55 bits per heavy atom. The molecule has 9 heteroatoms. The van der Waals surface area contributed by atoms with Crippen LogP contribution in [0.25, 0.3) is 0 Å². The van der Waals surface area contributed by atoms with Crippen LogP contribution in [0.3, 0.4) is 0 Å². The summed E-state index contributed by atoms with van der Waals surface area (Å²) in [6.07, 6.45) is 0.788. The van der Waals surface area contributed by atoms with Gasteiger partial charge in [0.25, 0.3) is 0 Å². The molecule has 154 valence electrons. The van der Waals surface area contributed by atoms with Gasteiger partial charge in [-0.3, -0.25) is 10.1 Å². The van der Waals surface area contributed by atoms with E-state index in [1.54, 1.807) is 25.1 Å². The summed E-state index contributed by atoms with van der Waals surface area (Å²) in [5, 5.41) is 8.01. The zero-order chi connectivity index (χ0) is 21.1. The van der Waals surface area contributed by atoms with E-state index < -0.39 is 35.9 Å². The zero-order valence-corrected chi connectivity index (χ0v) is 16.4. The lowest BCUT2D eigenvalue weighted by atomic mass is 9.74. The standard InChI is InChI=1S/C20H23N3O6/c1-5-8-29-19(25)14-10(2)21-17-16(18(24)23-20(26)22-17)15(14)11-6-7-12(27-3)13(9-11)28-4/h5-7,9,15-17,21H,1,8H2,2-4H3,(H2,22,23,24,26). The van der Waals surface area contributed by atoms with Crippen LogP contribution in [0.1, 0.15) is 18.4 Å². The van der Waals surface area contributed by atoms with Crippen LogP contribution < -0.4 is 25.4 Å². The molecule has 0 radical (unpaired) electrons. The normalized spacial score (nSPS) is 23.2. The number of hydrogen-bond donors (Lipinski definition) is 3. The second-order valence-corrected chi connectivity index (χ2v) is 6.63. The molecule has 3 unspecified atom stereocenters. The molecule has 3 rings (SSSR count). The summed E-state index contributed by atoms with van der Waals surface area (Å²) in [7, 11) is 3.02. The maximum atomic E-state index is 12.8. The monoisotopic (exact) mass is 401 g/mol. The highest BCUT2D eigenvalue weighted by Gasteiger charge is 2.48. The average Bonchev–Trinajstić information content (AvgIpc) is 2.70. The van der Waals surface area contributed by atoms with Gasteiger partial charge >= 0.3 is 12.0 Å². The summed E-state index contributed by atoms with van der Waals surface area (Å²) in [6, 6.07) is 4.57. The lowest BCUT2D eigenvalue weighted by molar-refractivity contribution is -0.139. The highest BCUT2D eigenvalue weighted by atomic mass is 16.5. The molecule has 2 aliphatic heterocycles. The van der Waals surface area contributed by atoms with Crippen molar-refractivity contribution >= 4 is 17.9 Å². The van der Waals surface area contributed by atoms with Crippen molar-refractivity contribution in [1.82, 2.24) is 16.0 Å². The number of carbonyl (C=O) groups excluding carboxylic acids is 3. The lowest BCUT2D eigenvalue weighted by Crippen LogP contribution is -2.66. The number of methoxy groups -OCH3 is 2. The van der Waals surface area contributed by atoms with Crippen molar-refractivity contribution in [1.29, 1.82) is 0 Å². The third kappa shape index (κ3) is 3.75. The summed E-state index contributed by atoms with van der Waals surface area (Å²) in [6.45, 7) is 5.29. The SMILES string of the molecule is C=CCOC(=O)C1=C(C)NC2NC(=O)NC(=O)C2C1c1ccc(OC)c(OC)c1. The molecule has 1 aromatic carbocycles. The second kappa shape index (κ2) is 8.26. The number of carbonyl (C=O) groups is 3. The van der Waals surface area contributed by atoms with Crippen molar-refractivity contribution in [2.45, 2.75) is 19.0 Å². The molecule has 9 nitrogen and oxygen atoms in total. The first-order chi connectivity index (χ1) is 13.9. The second-order valence-electron chi connectivity index (χ2n) is 6.63. The number of benzene rings is 1.